The van der Waals surface area contributed by atoms with Crippen LogP contribution in [0.1, 0.15) is 30.0 Å². The molecule has 2 aromatic rings. The van der Waals surface area contributed by atoms with Gasteiger partial charge in [-0.25, -0.2) is 4.98 Å². The molecule has 1 N–H and O–H groups in total. The summed E-state index contributed by atoms with van der Waals surface area (Å²) in [5, 5.41) is 0. The maximum atomic E-state index is 12.6. The average molecular weight is 286 g/mol. The third kappa shape index (κ3) is 2.78. The number of H-pyrrole nitrogens is 1. The number of aryl methyl sites for hydroxylation is 1. The van der Waals surface area contributed by atoms with Crippen LogP contribution >= 0.6 is 0 Å². The molecule has 21 heavy (non-hydrogen) atoms. The molecule has 5 heteroatoms. The van der Waals surface area contributed by atoms with Gasteiger partial charge in [-0.2, -0.15) is 0 Å². The Morgan fingerprint density at radius 2 is 2.00 bits per heavy atom. The van der Waals surface area contributed by atoms with E-state index in [2.05, 4.69) is 28.7 Å². The molecule has 0 bridgehead atoms. The van der Waals surface area contributed by atoms with E-state index in [1.165, 1.54) is 0 Å². The Bertz CT molecular complexity index is 641. The van der Waals surface area contributed by atoms with Gasteiger partial charge in [0.25, 0.3) is 5.91 Å². The Morgan fingerprint density at radius 3 is 2.67 bits per heavy atom. The molecule has 1 aliphatic rings. The molecule has 112 valence electrons. The van der Waals surface area contributed by atoms with Gasteiger partial charge in [-0.15, -0.1) is 0 Å². The van der Waals surface area contributed by atoms with E-state index < -0.39 is 0 Å². The number of aromatic nitrogens is 2. The van der Waals surface area contributed by atoms with Crippen molar-refractivity contribution in [3.8, 4) is 0 Å². The molecule has 0 spiro atoms. The zero-order valence-electron chi connectivity index (χ0n) is 12.7. The number of imidazole rings is 1. The van der Waals surface area contributed by atoms with Crippen LogP contribution in [-0.2, 0) is 6.42 Å². The van der Waals surface area contributed by atoms with Crippen molar-refractivity contribution in [1.29, 1.82) is 0 Å². The van der Waals surface area contributed by atoms with Crippen molar-refractivity contribution < 1.29 is 4.79 Å². The number of hydrogen-bond donors (Lipinski definition) is 1. The van der Waals surface area contributed by atoms with Gasteiger partial charge in [-0.3, -0.25) is 4.79 Å². The second-order valence-corrected chi connectivity index (χ2v) is 5.50. The molecular formula is C16H22N4O. The Balaban J connectivity index is 1.78. The lowest BCUT2D eigenvalue weighted by atomic mass is 10.1. The van der Waals surface area contributed by atoms with Crippen LogP contribution in [0.4, 0.5) is 0 Å². The van der Waals surface area contributed by atoms with Crippen LogP contribution in [0.25, 0.3) is 11.0 Å². The van der Waals surface area contributed by atoms with Gasteiger partial charge in [-0.05, 0) is 24.7 Å². The van der Waals surface area contributed by atoms with Crippen molar-refractivity contribution >= 4 is 16.9 Å². The second kappa shape index (κ2) is 5.85. The van der Waals surface area contributed by atoms with E-state index in [1.807, 2.05) is 23.1 Å². The van der Waals surface area contributed by atoms with E-state index in [4.69, 9.17) is 0 Å². The summed E-state index contributed by atoms with van der Waals surface area (Å²) in [6.07, 6.45) is 0.872. The number of aromatic amines is 1. The highest BCUT2D eigenvalue weighted by Crippen LogP contribution is 2.16. The first-order chi connectivity index (χ1) is 10.2. The Morgan fingerprint density at radius 1 is 1.24 bits per heavy atom. The second-order valence-electron chi connectivity index (χ2n) is 5.50. The van der Waals surface area contributed by atoms with Crippen LogP contribution in [-0.4, -0.2) is 58.4 Å². The van der Waals surface area contributed by atoms with E-state index in [9.17, 15) is 4.79 Å². The number of rotatable bonds is 3. The van der Waals surface area contributed by atoms with Crippen LogP contribution in [0, 0.1) is 0 Å². The van der Waals surface area contributed by atoms with Gasteiger partial charge in [0.1, 0.15) is 5.82 Å². The number of likely N-dealkylation sites (N-methyl/N-ethyl adjacent to an activating group) is 1. The van der Waals surface area contributed by atoms with Gasteiger partial charge in [0, 0.05) is 38.2 Å². The molecule has 0 radical (unpaired) electrons. The number of piperazine rings is 1. The van der Waals surface area contributed by atoms with Gasteiger partial charge in [0.05, 0.1) is 11.0 Å². The number of benzene rings is 1. The molecule has 0 aliphatic carbocycles. The summed E-state index contributed by atoms with van der Waals surface area (Å²) in [6, 6.07) is 5.74. The molecule has 0 unspecified atom stereocenters. The van der Waals surface area contributed by atoms with Crippen molar-refractivity contribution in [2.24, 2.45) is 0 Å². The summed E-state index contributed by atoms with van der Waals surface area (Å²) in [7, 11) is 0. The lowest BCUT2D eigenvalue weighted by Gasteiger charge is -2.34. The monoisotopic (exact) mass is 286 g/mol. The molecule has 5 nitrogen and oxygen atoms in total. The molecule has 0 saturated carbocycles. The third-order valence-electron chi connectivity index (χ3n) is 4.22. The van der Waals surface area contributed by atoms with Gasteiger partial charge >= 0.3 is 0 Å². The molecule has 1 fully saturated rings. The fourth-order valence-electron chi connectivity index (χ4n) is 2.81. The molecule has 1 aromatic carbocycles. The van der Waals surface area contributed by atoms with E-state index in [-0.39, 0.29) is 5.91 Å². The fourth-order valence-corrected chi connectivity index (χ4v) is 2.81. The standard InChI is InChI=1S/C16H22N4O/c1-3-15-17-13-6-5-12(11-14(13)18-15)16(21)20-9-7-19(4-2)8-10-20/h5-6,11H,3-4,7-10H2,1-2H3,(H,17,18). The van der Waals surface area contributed by atoms with Gasteiger partial charge < -0.3 is 14.8 Å². The number of carbonyl (C=O) groups is 1. The maximum Gasteiger partial charge on any atom is 0.254 e. The van der Waals surface area contributed by atoms with Crippen LogP contribution in [0.2, 0.25) is 0 Å². The number of hydrogen-bond acceptors (Lipinski definition) is 3. The average Bonchev–Trinajstić information content (AvgIpc) is 2.96. The number of nitrogens with one attached hydrogen (secondary N) is 1. The normalized spacial score (nSPS) is 16.6. The Kier molecular flexibility index (Phi) is 3.92. The van der Waals surface area contributed by atoms with Gasteiger partial charge in [0.15, 0.2) is 0 Å². The summed E-state index contributed by atoms with van der Waals surface area (Å²) in [5.74, 6) is 1.09. The van der Waals surface area contributed by atoms with E-state index >= 15 is 0 Å². The summed E-state index contributed by atoms with van der Waals surface area (Å²) >= 11 is 0. The van der Waals surface area contributed by atoms with Crippen LogP contribution in [0.5, 0.6) is 0 Å². The first kappa shape index (κ1) is 14.1. The van der Waals surface area contributed by atoms with Crippen LogP contribution < -0.4 is 0 Å². The zero-order valence-corrected chi connectivity index (χ0v) is 12.7. The van der Waals surface area contributed by atoms with E-state index in [1.54, 1.807) is 0 Å². The van der Waals surface area contributed by atoms with Gasteiger partial charge in [-0.1, -0.05) is 13.8 Å². The topological polar surface area (TPSA) is 52.2 Å². The van der Waals surface area contributed by atoms with E-state index in [0.717, 1.165) is 61.6 Å². The molecule has 2 heterocycles. The summed E-state index contributed by atoms with van der Waals surface area (Å²) in [6.45, 7) is 8.85. The number of carbonyl (C=O) groups excluding carboxylic acids is 1. The highest BCUT2D eigenvalue weighted by Gasteiger charge is 2.21. The minimum absolute atomic E-state index is 0.125. The van der Waals surface area contributed by atoms with Crippen molar-refractivity contribution in [2.75, 3.05) is 32.7 Å². The zero-order chi connectivity index (χ0) is 14.8. The minimum atomic E-state index is 0.125. The highest BCUT2D eigenvalue weighted by molar-refractivity contribution is 5.97. The lowest BCUT2D eigenvalue weighted by Crippen LogP contribution is -2.48. The quantitative estimate of drug-likeness (QED) is 0.937. The smallest absolute Gasteiger partial charge is 0.254 e. The number of fused-ring (bicyclic) bond motifs is 1. The highest BCUT2D eigenvalue weighted by atomic mass is 16.2. The van der Waals surface area contributed by atoms with E-state index in [0.29, 0.717) is 0 Å². The fraction of sp³-hybridized carbons (Fsp3) is 0.500. The molecule has 0 atom stereocenters. The minimum Gasteiger partial charge on any atom is -0.342 e. The Labute approximate surface area is 125 Å². The SMILES string of the molecule is CCc1nc2ccc(C(=O)N3CCN(CC)CC3)cc2[nH]1. The van der Waals surface area contributed by atoms with Crippen molar-refractivity contribution in [2.45, 2.75) is 20.3 Å². The van der Waals surface area contributed by atoms with Gasteiger partial charge in [0.2, 0.25) is 0 Å². The number of amides is 1. The molecule has 1 amide bonds. The summed E-state index contributed by atoms with van der Waals surface area (Å²) in [5.41, 5.74) is 2.63. The Hall–Kier alpha value is -1.88. The van der Waals surface area contributed by atoms with Crippen molar-refractivity contribution in [3.05, 3.63) is 29.6 Å². The summed E-state index contributed by atoms with van der Waals surface area (Å²) < 4.78 is 0. The molecular weight excluding hydrogens is 264 g/mol. The third-order valence-corrected chi connectivity index (χ3v) is 4.22. The largest absolute Gasteiger partial charge is 0.342 e. The first-order valence-corrected chi connectivity index (χ1v) is 7.71. The maximum absolute atomic E-state index is 12.6. The molecule has 1 aliphatic heterocycles. The van der Waals surface area contributed by atoms with Crippen LogP contribution in [0.15, 0.2) is 18.2 Å². The predicted octanol–water partition coefficient (Wildman–Crippen LogP) is 1.90. The van der Waals surface area contributed by atoms with Crippen molar-refractivity contribution in [1.82, 2.24) is 19.8 Å². The number of nitrogens with zero attached hydrogens (tertiary/aromatic N) is 3. The molecule has 3 rings (SSSR count). The first-order valence-electron chi connectivity index (χ1n) is 7.71. The summed E-state index contributed by atoms with van der Waals surface area (Å²) in [4.78, 5) is 24.7. The predicted molar refractivity (Wildman–Crippen MR) is 83.5 cm³/mol. The molecule has 1 saturated heterocycles. The lowest BCUT2D eigenvalue weighted by molar-refractivity contribution is 0.0643. The van der Waals surface area contributed by atoms with Crippen molar-refractivity contribution in [3.63, 3.8) is 0 Å². The van der Waals surface area contributed by atoms with Crippen LogP contribution in [0.3, 0.4) is 0 Å². The molecule has 1 aromatic heterocycles.